The van der Waals surface area contributed by atoms with E-state index >= 15 is 0 Å². The van der Waals surface area contributed by atoms with Crippen molar-refractivity contribution in [2.45, 2.75) is 69.2 Å². The Morgan fingerprint density at radius 1 is 1.16 bits per heavy atom. The van der Waals surface area contributed by atoms with Crippen molar-refractivity contribution in [3.63, 3.8) is 0 Å². The van der Waals surface area contributed by atoms with Crippen LogP contribution in [0.2, 0.25) is 0 Å². The fraction of sp³-hybridized carbons (Fsp3) is 0.577. The molecule has 2 N–H and O–H groups in total. The van der Waals surface area contributed by atoms with Crippen LogP contribution in [0.1, 0.15) is 73.4 Å². The van der Waals surface area contributed by atoms with Crippen LogP contribution in [0, 0.1) is 11.7 Å². The summed E-state index contributed by atoms with van der Waals surface area (Å²) < 4.78 is 19.3. The molecule has 0 aliphatic heterocycles. The third-order valence-electron chi connectivity index (χ3n) is 6.29. The van der Waals surface area contributed by atoms with Gasteiger partial charge >= 0.3 is 0 Å². The molecule has 1 aromatic heterocycles. The summed E-state index contributed by atoms with van der Waals surface area (Å²) in [5, 5.41) is 13.9. The normalized spacial score (nSPS) is 15.6. The van der Waals surface area contributed by atoms with Crippen LogP contribution in [0.5, 0.6) is 0 Å². The number of carbonyl (C=O) groups is 3. The van der Waals surface area contributed by atoms with Gasteiger partial charge in [0.05, 0.1) is 6.04 Å². The minimum absolute atomic E-state index is 0. The number of ketones is 1. The molecule has 1 fully saturated rings. The second kappa shape index (κ2) is 14.6. The smallest absolute Gasteiger partial charge is 0.286 e. The molecule has 0 radical (unpaired) electrons. The van der Waals surface area contributed by atoms with Crippen molar-refractivity contribution < 1.29 is 23.2 Å². The first-order valence-electron chi connectivity index (χ1n) is 12.6. The summed E-state index contributed by atoms with van der Waals surface area (Å²) >= 11 is 1.36. The van der Waals surface area contributed by atoms with Crippen molar-refractivity contribution in [3.8, 4) is 0 Å². The molecule has 1 aromatic carbocycles. The number of thioether (sulfide) groups is 1. The molecule has 1 aliphatic carbocycles. The van der Waals surface area contributed by atoms with Crippen LogP contribution in [-0.4, -0.2) is 70.7 Å². The lowest BCUT2D eigenvalue weighted by molar-refractivity contribution is -0.129. The van der Waals surface area contributed by atoms with Gasteiger partial charge in [-0.25, -0.2) is 4.39 Å². The van der Waals surface area contributed by atoms with Crippen molar-refractivity contribution in [2.24, 2.45) is 5.92 Å². The Morgan fingerprint density at radius 3 is 2.50 bits per heavy atom. The SMILES string of the molecule is CC(C)CC(NC(=O)C1(NC(=O)c2cccc(F)c2)CCCCC1)C(=O)c1nnc(SCCN(C)C)o1.Cl. The van der Waals surface area contributed by atoms with Gasteiger partial charge in [-0.1, -0.05) is 50.9 Å². The van der Waals surface area contributed by atoms with Gasteiger partial charge in [-0.2, -0.15) is 0 Å². The van der Waals surface area contributed by atoms with E-state index in [1.807, 2.05) is 32.8 Å². The van der Waals surface area contributed by atoms with Crippen LogP contribution in [0.3, 0.4) is 0 Å². The number of amides is 2. The minimum atomic E-state index is -1.20. The fourth-order valence-corrected chi connectivity index (χ4v) is 5.18. The molecule has 9 nitrogen and oxygen atoms in total. The van der Waals surface area contributed by atoms with Gasteiger partial charge in [0.2, 0.25) is 11.7 Å². The van der Waals surface area contributed by atoms with E-state index in [0.717, 1.165) is 37.6 Å². The Kier molecular flexibility index (Phi) is 12.2. The van der Waals surface area contributed by atoms with E-state index in [0.29, 0.717) is 24.5 Å². The molecule has 3 rings (SSSR count). The maximum Gasteiger partial charge on any atom is 0.286 e. The molecule has 1 aliphatic rings. The second-order valence-electron chi connectivity index (χ2n) is 10.2. The van der Waals surface area contributed by atoms with E-state index in [-0.39, 0.29) is 29.8 Å². The highest BCUT2D eigenvalue weighted by Crippen LogP contribution is 2.30. The van der Waals surface area contributed by atoms with E-state index in [1.54, 1.807) is 0 Å². The highest BCUT2D eigenvalue weighted by Gasteiger charge is 2.43. The zero-order chi connectivity index (χ0) is 27.0. The average molecular weight is 570 g/mol. The molecule has 1 heterocycles. The van der Waals surface area contributed by atoms with Crippen molar-refractivity contribution >= 4 is 41.8 Å². The number of hydrogen-bond acceptors (Lipinski definition) is 8. The molecule has 1 unspecified atom stereocenters. The van der Waals surface area contributed by atoms with E-state index in [2.05, 4.69) is 20.8 Å². The molecule has 12 heteroatoms. The number of nitrogens with zero attached hydrogens (tertiary/aromatic N) is 3. The molecule has 0 saturated heterocycles. The molecular formula is C26H37ClFN5O4S. The minimum Gasteiger partial charge on any atom is -0.408 e. The number of halogens is 2. The number of hydrogen-bond donors (Lipinski definition) is 2. The second-order valence-corrected chi connectivity index (χ2v) is 11.2. The van der Waals surface area contributed by atoms with Crippen LogP contribution in [0.15, 0.2) is 33.9 Å². The Labute approximate surface area is 233 Å². The Hall–Kier alpha value is -2.50. The van der Waals surface area contributed by atoms with Crippen LogP contribution in [0.4, 0.5) is 4.39 Å². The first-order valence-corrected chi connectivity index (χ1v) is 13.6. The molecule has 210 valence electrons. The number of Topliss-reactive ketones (excluding diaryl/α,β-unsaturated/α-hetero) is 1. The highest BCUT2D eigenvalue weighted by atomic mass is 35.5. The summed E-state index contributed by atoms with van der Waals surface area (Å²) in [4.78, 5) is 42.0. The van der Waals surface area contributed by atoms with Gasteiger partial charge in [0.25, 0.3) is 17.0 Å². The first kappa shape index (κ1) is 31.7. The van der Waals surface area contributed by atoms with Crippen molar-refractivity contribution in [2.75, 3.05) is 26.4 Å². The van der Waals surface area contributed by atoms with Crippen molar-refractivity contribution in [1.29, 1.82) is 0 Å². The predicted molar refractivity (Wildman–Crippen MR) is 146 cm³/mol. The van der Waals surface area contributed by atoms with Gasteiger partial charge in [0.1, 0.15) is 11.4 Å². The number of aromatic nitrogens is 2. The third kappa shape index (κ3) is 8.78. The number of rotatable bonds is 12. The average Bonchev–Trinajstić information content (AvgIpc) is 3.32. The van der Waals surface area contributed by atoms with Gasteiger partial charge < -0.3 is 20.0 Å². The fourth-order valence-electron chi connectivity index (χ4n) is 4.31. The zero-order valence-electron chi connectivity index (χ0n) is 22.3. The molecule has 1 saturated carbocycles. The molecule has 1 atom stereocenters. The van der Waals surface area contributed by atoms with Gasteiger partial charge in [0, 0.05) is 17.9 Å². The number of carbonyl (C=O) groups excluding carboxylic acids is 3. The number of benzene rings is 1. The molecular weight excluding hydrogens is 533 g/mol. The molecule has 2 amide bonds. The summed E-state index contributed by atoms with van der Waals surface area (Å²) in [6, 6.07) is 4.45. The van der Waals surface area contributed by atoms with Crippen LogP contribution in [0.25, 0.3) is 0 Å². The maximum atomic E-state index is 13.7. The van der Waals surface area contributed by atoms with Gasteiger partial charge in [-0.05, 0) is 57.5 Å². The lowest BCUT2D eigenvalue weighted by atomic mass is 9.80. The Balaban J connectivity index is 0.00000507. The van der Waals surface area contributed by atoms with Crippen LogP contribution < -0.4 is 10.6 Å². The van der Waals surface area contributed by atoms with Gasteiger partial charge in [0.15, 0.2) is 0 Å². The van der Waals surface area contributed by atoms with Gasteiger partial charge in [-0.3, -0.25) is 14.4 Å². The lowest BCUT2D eigenvalue weighted by Gasteiger charge is -2.37. The highest BCUT2D eigenvalue weighted by molar-refractivity contribution is 7.99. The molecule has 0 bridgehead atoms. The van der Waals surface area contributed by atoms with Gasteiger partial charge in [-0.15, -0.1) is 22.6 Å². The Morgan fingerprint density at radius 2 is 1.87 bits per heavy atom. The quantitative estimate of drug-likeness (QED) is 0.289. The largest absolute Gasteiger partial charge is 0.408 e. The van der Waals surface area contributed by atoms with E-state index in [9.17, 15) is 18.8 Å². The number of nitrogens with one attached hydrogen (secondary N) is 2. The van der Waals surface area contributed by atoms with E-state index in [1.165, 1.54) is 30.0 Å². The third-order valence-corrected chi connectivity index (χ3v) is 7.09. The standard InChI is InChI=1S/C26H36FN5O4S.ClH/c1-17(2)15-20(21(33)23-30-31-25(36-23)37-14-13-32(3)4)28-24(35)26(11-6-5-7-12-26)29-22(34)18-9-8-10-19(27)16-18;/h8-10,16-17,20H,5-7,11-15H2,1-4H3,(H,28,35)(H,29,34);1H. The summed E-state index contributed by atoms with van der Waals surface area (Å²) in [6.45, 7) is 4.71. The maximum absolute atomic E-state index is 13.7. The van der Waals surface area contributed by atoms with Crippen molar-refractivity contribution in [3.05, 3.63) is 41.5 Å². The summed E-state index contributed by atoms with van der Waals surface area (Å²) in [5.74, 6) is -1.29. The first-order chi connectivity index (χ1) is 17.6. The van der Waals surface area contributed by atoms with E-state index in [4.69, 9.17) is 4.42 Å². The predicted octanol–water partition coefficient (Wildman–Crippen LogP) is 4.13. The molecule has 38 heavy (non-hydrogen) atoms. The summed E-state index contributed by atoms with van der Waals surface area (Å²) in [6.07, 6.45) is 3.65. The Bertz CT molecular complexity index is 1090. The molecule has 2 aromatic rings. The molecule has 0 spiro atoms. The van der Waals surface area contributed by atoms with E-state index < -0.39 is 35.0 Å². The monoisotopic (exact) mass is 569 g/mol. The topological polar surface area (TPSA) is 117 Å². The summed E-state index contributed by atoms with van der Waals surface area (Å²) in [5.41, 5.74) is -1.06. The van der Waals surface area contributed by atoms with Crippen molar-refractivity contribution in [1.82, 2.24) is 25.7 Å². The lowest BCUT2D eigenvalue weighted by Crippen LogP contribution is -2.62. The summed E-state index contributed by atoms with van der Waals surface area (Å²) in [7, 11) is 3.92. The van der Waals surface area contributed by atoms with Crippen LogP contribution in [-0.2, 0) is 4.79 Å². The van der Waals surface area contributed by atoms with Crippen LogP contribution >= 0.6 is 24.2 Å². The zero-order valence-corrected chi connectivity index (χ0v) is 23.9.